The second-order valence-corrected chi connectivity index (χ2v) is 18.5. The van der Waals surface area contributed by atoms with E-state index in [-0.39, 0.29) is 23.6 Å². The number of anilines is 2. The van der Waals surface area contributed by atoms with Crippen molar-refractivity contribution in [3.63, 3.8) is 0 Å². The summed E-state index contributed by atoms with van der Waals surface area (Å²) in [4.78, 5) is 67.5. The van der Waals surface area contributed by atoms with E-state index < -0.39 is 47.6 Å². The van der Waals surface area contributed by atoms with Gasteiger partial charge in [0.05, 0.1) is 31.9 Å². The fraction of sp³-hybridized carbons (Fsp3) is 0.269. The fourth-order valence-electron chi connectivity index (χ4n) is 6.45. The summed E-state index contributed by atoms with van der Waals surface area (Å²) in [5.74, 6) is -1.42. The van der Waals surface area contributed by atoms with Gasteiger partial charge in [-0.1, -0.05) is 98.6 Å². The van der Waals surface area contributed by atoms with Crippen molar-refractivity contribution in [2.75, 3.05) is 10.6 Å². The van der Waals surface area contributed by atoms with E-state index in [0.717, 1.165) is 59.3 Å². The van der Waals surface area contributed by atoms with Crippen LogP contribution in [0.25, 0.3) is 42.9 Å². The summed E-state index contributed by atoms with van der Waals surface area (Å²) >= 11 is 2.61. The van der Waals surface area contributed by atoms with E-state index in [9.17, 15) is 45.5 Å². The van der Waals surface area contributed by atoms with Crippen molar-refractivity contribution in [1.82, 2.24) is 29.9 Å². The zero-order chi connectivity index (χ0) is 57.2. The first-order valence-electron chi connectivity index (χ1n) is 23.5. The number of aromatic nitrogens is 6. The molecule has 4 heterocycles. The molecular weight excluding hydrogens is 1070 g/mol. The minimum atomic E-state index is -4.40. The number of carboxylic acid groups (broad SMARTS) is 2. The number of carbonyl (C=O) groups is 4. The quantitative estimate of drug-likeness (QED) is 0.0491. The molecule has 78 heavy (non-hydrogen) atoms. The third kappa shape index (κ3) is 18.5. The summed E-state index contributed by atoms with van der Waals surface area (Å²) in [6.45, 7) is 6.70. The van der Waals surface area contributed by atoms with Gasteiger partial charge in [0.1, 0.15) is 23.7 Å². The van der Waals surface area contributed by atoms with E-state index in [1.807, 2.05) is 26.0 Å². The van der Waals surface area contributed by atoms with Gasteiger partial charge < -0.3 is 40.5 Å². The van der Waals surface area contributed by atoms with Crippen molar-refractivity contribution in [3.8, 4) is 45.8 Å². The summed E-state index contributed by atoms with van der Waals surface area (Å²) in [5, 5.41) is 39.8. The van der Waals surface area contributed by atoms with Gasteiger partial charge >= 0.3 is 24.3 Å². The van der Waals surface area contributed by atoms with Gasteiger partial charge in [-0.3, -0.25) is 9.59 Å². The second kappa shape index (κ2) is 28.3. The lowest BCUT2D eigenvalue weighted by atomic mass is 10.1. The first kappa shape index (κ1) is 60.7. The molecule has 0 saturated heterocycles. The molecule has 6 N–H and O–H groups in total. The van der Waals surface area contributed by atoms with Gasteiger partial charge in [-0.15, -0.1) is 0 Å². The van der Waals surface area contributed by atoms with E-state index in [4.69, 9.17) is 29.9 Å². The maximum absolute atomic E-state index is 12.8. The van der Waals surface area contributed by atoms with Crippen LogP contribution in [0.4, 0.5) is 36.6 Å². The van der Waals surface area contributed by atoms with Gasteiger partial charge in [0, 0.05) is 37.1 Å². The van der Waals surface area contributed by atoms with Crippen molar-refractivity contribution in [3.05, 3.63) is 121 Å². The maximum Gasteiger partial charge on any atom is 0.416 e. The Morgan fingerprint density at radius 2 is 0.923 bits per heavy atom. The zero-order valence-corrected chi connectivity index (χ0v) is 43.4. The molecule has 412 valence electrons. The van der Waals surface area contributed by atoms with Gasteiger partial charge in [-0.2, -0.15) is 26.3 Å². The number of fused-ring (bicyclic) bond motifs is 2. The third-order valence-electron chi connectivity index (χ3n) is 10.3. The molecule has 0 unspecified atom stereocenters. The molecule has 0 aliphatic carbocycles. The number of rotatable bonds is 16. The molecule has 8 rings (SSSR count). The molecule has 0 radical (unpaired) electrons. The number of aliphatic carboxylic acids is 2. The molecule has 26 heteroatoms. The van der Waals surface area contributed by atoms with Crippen LogP contribution in [-0.4, -0.2) is 86.3 Å². The molecule has 4 aromatic carbocycles. The van der Waals surface area contributed by atoms with E-state index in [0.29, 0.717) is 68.2 Å². The predicted octanol–water partition coefficient (Wildman–Crippen LogP) is 12.3. The summed E-state index contributed by atoms with van der Waals surface area (Å²) in [6, 6.07) is 23.1. The first-order valence-corrected chi connectivity index (χ1v) is 25.1. The Hall–Kier alpha value is -8.20. The molecular formula is C52H50F6N8O10S2. The number of thiazole rings is 2. The number of alkyl halides is 6. The van der Waals surface area contributed by atoms with Crippen LogP contribution in [0.2, 0.25) is 0 Å². The van der Waals surface area contributed by atoms with E-state index in [2.05, 4.69) is 40.5 Å². The number of aliphatic hydroxyl groups is 2. The number of ether oxygens (including phenoxy) is 2. The first-order chi connectivity index (χ1) is 36.9. The van der Waals surface area contributed by atoms with Gasteiger partial charge in [0.15, 0.2) is 34.0 Å². The van der Waals surface area contributed by atoms with Crippen LogP contribution >= 0.6 is 22.7 Å². The van der Waals surface area contributed by atoms with Crippen LogP contribution in [0.3, 0.4) is 0 Å². The average Bonchev–Trinajstić information content (AvgIpc) is 4.05. The number of aliphatic hydroxyl groups excluding tert-OH is 2. The Bertz CT molecular complexity index is 3070. The Kier molecular flexibility index (Phi) is 22.0. The maximum atomic E-state index is 12.8. The zero-order valence-electron chi connectivity index (χ0n) is 41.8. The van der Waals surface area contributed by atoms with E-state index >= 15 is 0 Å². The van der Waals surface area contributed by atoms with Crippen LogP contribution in [0.1, 0.15) is 77.3 Å². The number of para-hydroxylation sites is 2. The highest BCUT2D eigenvalue weighted by molar-refractivity contribution is 7.22. The number of carbonyl (C=O) groups excluding carboxylic acids is 2. The van der Waals surface area contributed by atoms with Crippen molar-refractivity contribution in [1.29, 1.82) is 0 Å². The number of benzene rings is 4. The number of nitrogens with one attached hydrogen (secondary N) is 2. The number of nitrogens with zero attached hydrogens (tertiary/aromatic N) is 6. The Balaban J connectivity index is 0.000000220. The molecule has 4 aromatic heterocycles. The summed E-state index contributed by atoms with van der Waals surface area (Å²) in [7, 11) is 0. The van der Waals surface area contributed by atoms with E-state index in [1.165, 1.54) is 85.6 Å². The second-order valence-electron chi connectivity index (χ2n) is 16.4. The number of unbranched alkanes of at least 4 members (excludes halogenated alkanes) is 2. The number of carboxylic acids is 2. The Labute approximate surface area is 448 Å². The van der Waals surface area contributed by atoms with Crippen LogP contribution in [0, 0.1) is 0 Å². The number of hydrogen-bond acceptors (Lipinski definition) is 16. The number of amides is 2. The van der Waals surface area contributed by atoms with Crippen LogP contribution in [0.5, 0.6) is 23.3 Å². The lowest BCUT2D eigenvalue weighted by Gasteiger charge is -2.09. The normalized spacial score (nSPS) is 11.8. The predicted molar refractivity (Wildman–Crippen MR) is 279 cm³/mol. The monoisotopic (exact) mass is 1120 g/mol. The summed E-state index contributed by atoms with van der Waals surface area (Å²) < 4.78 is 89.9. The summed E-state index contributed by atoms with van der Waals surface area (Å²) in [6.07, 6.45) is -4.47. The average molecular weight is 1130 g/mol. The van der Waals surface area contributed by atoms with Gasteiger partial charge in [0.2, 0.25) is 23.6 Å². The standard InChI is InChI=1S/2C20H13F3N4O2S.2C6H12O3/c2*1-11(28)26-19-27-18-15(3-2-4-16(18)30-19)29-17-9-14(24-10-25-17)12-5-7-13(8-6-12)20(21,22)23;2*1-2-3-4-5(7)6(8)9/h2*2-10H,1H3,(H,26,27,28);2*5,7H,2-4H2,1H3,(H,8,9)/t;;2*5-/m..10/s1. The van der Waals surface area contributed by atoms with Gasteiger partial charge in [0.25, 0.3) is 0 Å². The molecule has 0 bridgehead atoms. The molecule has 0 saturated carbocycles. The molecule has 0 aliphatic rings. The van der Waals surface area contributed by atoms with Crippen molar-refractivity contribution in [2.45, 2.75) is 90.8 Å². The molecule has 0 aliphatic heterocycles. The largest absolute Gasteiger partial charge is 0.479 e. The Morgan fingerprint density at radius 1 is 0.564 bits per heavy atom. The van der Waals surface area contributed by atoms with Crippen molar-refractivity contribution >= 4 is 77.1 Å². The molecule has 0 fully saturated rings. The van der Waals surface area contributed by atoms with Crippen LogP contribution in [-0.2, 0) is 31.5 Å². The summed E-state index contributed by atoms with van der Waals surface area (Å²) in [5.41, 5.74) is 1.46. The molecule has 0 spiro atoms. The smallest absolute Gasteiger partial charge is 0.416 e. The third-order valence-corrected chi connectivity index (χ3v) is 12.2. The topological polar surface area (TPSA) is 269 Å². The highest BCUT2D eigenvalue weighted by Crippen LogP contribution is 2.38. The highest BCUT2D eigenvalue weighted by atomic mass is 32.1. The van der Waals surface area contributed by atoms with Crippen LogP contribution in [0.15, 0.2) is 110 Å². The lowest BCUT2D eigenvalue weighted by molar-refractivity contribution is -0.147. The highest BCUT2D eigenvalue weighted by Gasteiger charge is 2.31. The molecule has 2 atom stereocenters. The van der Waals surface area contributed by atoms with Gasteiger partial charge in [-0.05, 0) is 61.4 Å². The van der Waals surface area contributed by atoms with Crippen LogP contribution < -0.4 is 20.1 Å². The van der Waals surface area contributed by atoms with Crippen molar-refractivity contribution < 1.29 is 75.4 Å². The number of hydrogen-bond donors (Lipinski definition) is 6. The number of halogens is 6. The van der Waals surface area contributed by atoms with Gasteiger partial charge in [-0.25, -0.2) is 39.5 Å². The fourth-order valence-corrected chi connectivity index (χ4v) is 8.31. The molecule has 2 amide bonds. The lowest BCUT2D eigenvalue weighted by Crippen LogP contribution is -2.18. The van der Waals surface area contributed by atoms with Crippen molar-refractivity contribution in [2.24, 2.45) is 0 Å². The van der Waals surface area contributed by atoms with E-state index in [1.54, 1.807) is 24.3 Å². The molecule has 18 nitrogen and oxygen atoms in total. The molecule has 8 aromatic rings. The Morgan fingerprint density at radius 3 is 1.23 bits per heavy atom. The minimum absolute atomic E-state index is 0.210. The minimum Gasteiger partial charge on any atom is -0.479 e. The SMILES string of the molecule is CC(=O)Nc1nc2c(Oc3cc(-c4ccc(C(F)(F)F)cc4)ncn3)cccc2s1.CC(=O)Nc1nc2c(Oc3cc(-c4ccc(C(F)(F)F)cc4)ncn3)cccc2s1.CCCC[C@@H](O)C(=O)O.CCCC[C@H](O)C(=O)O.